The lowest BCUT2D eigenvalue weighted by Gasteiger charge is -2.17. The molecule has 102 valence electrons. The summed E-state index contributed by atoms with van der Waals surface area (Å²) in [6, 6.07) is 0.142. The van der Waals surface area contributed by atoms with E-state index in [0.717, 1.165) is 0 Å². The largest absolute Gasteiger partial charge is 0.271 e. The molecule has 1 heterocycles. The SMILES string of the molecule is NNC(c1ccsc1)c1c(F)c(F)c(F)c(F)c1F. The fourth-order valence-corrected chi connectivity index (χ4v) is 2.35. The summed E-state index contributed by atoms with van der Waals surface area (Å²) in [6.45, 7) is 0. The monoisotopic (exact) mass is 294 g/mol. The molecule has 19 heavy (non-hydrogen) atoms. The maximum Gasteiger partial charge on any atom is 0.200 e. The molecule has 0 bridgehead atoms. The summed E-state index contributed by atoms with van der Waals surface area (Å²) in [4.78, 5) is 0. The third-order valence-electron chi connectivity index (χ3n) is 2.58. The van der Waals surface area contributed by atoms with Gasteiger partial charge >= 0.3 is 0 Å². The van der Waals surface area contributed by atoms with Crippen LogP contribution in [0.4, 0.5) is 22.0 Å². The number of hydrogen-bond donors (Lipinski definition) is 2. The molecule has 0 radical (unpaired) electrons. The Morgan fingerprint density at radius 2 is 1.47 bits per heavy atom. The molecule has 1 atom stereocenters. The van der Waals surface area contributed by atoms with Crippen LogP contribution < -0.4 is 11.3 Å². The van der Waals surface area contributed by atoms with Gasteiger partial charge in [0, 0.05) is 0 Å². The van der Waals surface area contributed by atoms with Crippen LogP contribution >= 0.6 is 11.3 Å². The molecular weight excluding hydrogens is 287 g/mol. The quantitative estimate of drug-likeness (QED) is 0.300. The number of nitrogens with one attached hydrogen (secondary N) is 1. The molecule has 3 N–H and O–H groups in total. The van der Waals surface area contributed by atoms with Gasteiger partial charge in [-0.15, -0.1) is 0 Å². The summed E-state index contributed by atoms with van der Waals surface area (Å²) in [5.41, 5.74) is 1.35. The zero-order valence-corrected chi connectivity index (χ0v) is 10.0. The maximum atomic E-state index is 13.6. The van der Waals surface area contributed by atoms with Gasteiger partial charge in [-0.3, -0.25) is 5.84 Å². The third kappa shape index (κ3) is 2.22. The molecule has 8 heteroatoms. The number of benzene rings is 1. The Morgan fingerprint density at radius 1 is 0.947 bits per heavy atom. The van der Waals surface area contributed by atoms with Crippen molar-refractivity contribution in [1.29, 1.82) is 0 Å². The second kappa shape index (κ2) is 5.24. The van der Waals surface area contributed by atoms with Gasteiger partial charge in [0.1, 0.15) is 0 Å². The van der Waals surface area contributed by atoms with E-state index in [-0.39, 0.29) is 0 Å². The first-order valence-corrected chi connectivity index (χ1v) is 5.92. The molecule has 0 saturated carbocycles. The van der Waals surface area contributed by atoms with Gasteiger partial charge in [0.15, 0.2) is 23.3 Å². The molecule has 1 aromatic heterocycles. The zero-order chi connectivity index (χ0) is 14.2. The predicted molar refractivity (Wildman–Crippen MR) is 59.7 cm³/mol. The highest BCUT2D eigenvalue weighted by atomic mass is 32.1. The second-order valence-electron chi connectivity index (χ2n) is 3.64. The van der Waals surface area contributed by atoms with Crippen LogP contribution in [0.15, 0.2) is 16.8 Å². The average molecular weight is 294 g/mol. The van der Waals surface area contributed by atoms with Crippen molar-refractivity contribution in [2.45, 2.75) is 6.04 Å². The lowest BCUT2D eigenvalue weighted by molar-refractivity contribution is 0.362. The van der Waals surface area contributed by atoms with E-state index in [1.54, 1.807) is 5.38 Å². The number of rotatable bonds is 3. The van der Waals surface area contributed by atoms with Crippen molar-refractivity contribution in [3.05, 3.63) is 57.0 Å². The first kappa shape index (κ1) is 13.9. The van der Waals surface area contributed by atoms with Crippen LogP contribution in [-0.2, 0) is 0 Å². The van der Waals surface area contributed by atoms with Crippen LogP contribution in [0.3, 0.4) is 0 Å². The minimum atomic E-state index is -2.19. The van der Waals surface area contributed by atoms with Gasteiger partial charge in [0.2, 0.25) is 5.82 Å². The summed E-state index contributed by atoms with van der Waals surface area (Å²) >= 11 is 1.20. The zero-order valence-electron chi connectivity index (χ0n) is 9.18. The van der Waals surface area contributed by atoms with Crippen molar-refractivity contribution in [1.82, 2.24) is 5.43 Å². The lowest BCUT2D eigenvalue weighted by atomic mass is 10.00. The summed E-state index contributed by atoms with van der Waals surface area (Å²) in [7, 11) is 0. The number of hydrogen-bond acceptors (Lipinski definition) is 3. The molecule has 1 unspecified atom stereocenters. The molecule has 2 rings (SSSR count). The summed E-state index contributed by atoms with van der Waals surface area (Å²) < 4.78 is 66.4. The normalized spacial score (nSPS) is 12.7. The molecule has 0 saturated heterocycles. The Hall–Kier alpha value is -1.51. The van der Waals surface area contributed by atoms with Crippen molar-refractivity contribution in [2.24, 2.45) is 5.84 Å². The first-order valence-electron chi connectivity index (χ1n) is 4.98. The molecule has 1 aromatic carbocycles. The van der Waals surface area contributed by atoms with Gasteiger partial charge in [-0.2, -0.15) is 11.3 Å². The van der Waals surface area contributed by atoms with Gasteiger partial charge in [0.25, 0.3) is 0 Å². The van der Waals surface area contributed by atoms with Crippen LogP contribution in [0.25, 0.3) is 0 Å². The minimum Gasteiger partial charge on any atom is -0.271 e. The molecule has 0 aliphatic rings. The van der Waals surface area contributed by atoms with E-state index in [9.17, 15) is 22.0 Å². The fraction of sp³-hybridized carbons (Fsp3) is 0.0909. The Morgan fingerprint density at radius 3 is 1.89 bits per heavy atom. The smallest absolute Gasteiger partial charge is 0.200 e. The van der Waals surface area contributed by atoms with Gasteiger partial charge in [-0.05, 0) is 22.4 Å². The van der Waals surface area contributed by atoms with E-state index in [0.29, 0.717) is 5.56 Å². The number of thiophene rings is 1. The van der Waals surface area contributed by atoms with Crippen LogP contribution in [0.5, 0.6) is 0 Å². The van der Waals surface area contributed by atoms with E-state index < -0.39 is 40.7 Å². The highest BCUT2D eigenvalue weighted by molar-refractivity contribution is 7.08. The van der Waals surface area contributed by atoms with Crippen LogP contribution in [0, 0.1) is 29.1 Å². The molecule has 0 aliphatic heterocycles. The highest BCUT2D eigenvalue weighted by Crippen LogP contribution is 2.31. The number of halogens is 5. The minimum absolute atomic E-state index is 0.302. The molecule has 0 spiro atoms. The second-order valence-corrected chi connectivity index (χ2v) is 4.42. The topological polar surface area (TPSA) is 38.0 Å². The molecule has 2 aromatic rings. The van der Waals surface area contributed by atoms with E-state index >= 15 is 0 Å². The first-order chi connectivity index (χ1) is 8.99. The van der Waals surface area contributed by atoms with Crippen LogP contribution in [0.2, 0.25) is 0 Å². The Labute approximate surface area is 108 Å². The van der Waals surface area contributed by atoms with E-state index in [4.69, 9.17) is 5.84 Å². The van der Waals surface area contributed by atoms with Crippen molar-refractivity contribution in [2.75, 3.05) is 0 Å². The Kier molecular flexibility index (Phi) is 3.83. The highest BCUT2D eigenvalue weighted by Gasteiger charge is 2.30. The number of nitrogens with two attached hydrogens (primary N) is 1. The van der Waals surface area contributed by atoms with Gasteiger partial charge in [-0.1, -0.05) is 0 Å². The maximum absolute atomic E-state index is 13.6. The predicted octanol–water partition coefficient (Wildman–Crippen LogP) is 3.00. The van der Waals surface area contributed by atoms with Crippen LogP contribution in [0.1, 0.15) is 17.2 Å². The molecular formula is C11H7F5N2S. The van der Waals surface area contributed by atoms with E-state index in [2.05, 4.69) is 0 Å². The van der Waals surface area contributed by atoms with Gasteiger partial charge < -0.3 is 0 Å². The molecule has 2 nitrogen and oxygen atoms in total. The molecule has 0 aliphatic carbocycles. The van der Waals surface area contributed by atoms with Crippen molar-refractivity contribution in [3.63, 3.8) is 0 Å². The van der Waals surface area contributed by atoms with Crippen molar-refractivity contribution in [3.8, 4) is 0 Å². The molecule has 0 amide bonds. The summed E-state index contributed by atoms with van der Waals surface area (Å²) in [5.74, 6) is -4.83. The summed E-state index contributed by atoms with van der Waals surface area (Å²) in [5, 5.41) is 3.08. The van der Waals surface area contributed by atoms with Crippen molar-refractivity contribution < 1.29 is 22.0 Å². The Bertz CT molecular complexity index is 571. The van der Waals surface area contributed by atoms with Gasteiger partial charge in [-0.25, -0.2) is 27.4 Å². The van der Waals surface area contributed by atoms with Crippen LogP contribution in [-0.4, -0.2) is 0 Å². The number of hydrazine groups is 1. The average Bonchev–Trinajstić information content (AvgIpc) is 2.93. The van der Waals surface area contributed by atoms with Gasteiger partial charge in [0.05, 0.1) is 11.6 Å². The third-order valence-corrected chi connectivity index (χ3v) is 3.28. The van der Waals surface area contributed by atoms with Crippen molar-refractivity contribution >= 4 is 11.3 Å². The fourth-order valence-electron chi connectivity index (χ4n) is 1.66. The summed E-state index contributed by atoms with van der Waals surface area (Å²) in [6.07, 6.45) is 0. The van der Waals surface area contributed by atoms with E-state index in [1.165, 1.54) is 22.8 Å². The van der Waals surface area contributed by atoms with E-state index in [1.807, 2.05) is 5.43 Å². The molecule has 0 fully saturated rings. The lowest BCUT2D eigenvalue weighted by Crippen LogP contribution is -2.31. The Balaban J connectivity index is 2.68. The standard InChI is InChI=1S/C11H7F5N2S/c12-6-5(7(13)9(15)10(16)8(6)14)11(18-17)4-1-2-19-3-4/h1-3,11,18H,17H2.